The number of carbonyl (C=O) groups excluding carboxylic acids is 3. The quantitative estimate of drug-likeness (QED) is 0.680. The van der Waals surface area contributed by atoms with Gasteiger partial charge in [0.1, 0.15) is 0 Å². The molecule has 0 saturated heterocycles. The number of ketones is 1. The minimum Gasteiger partial charge on any atom is -0.345 e. The van der Waals surface area contributed by atoms with Crippen molar-refractivity contribution in [3.05, 3.63) is 59.7 Å². The molecule has 2 amide bonds. The van der Waals surface area contributed by atoms with Gasteiger partial charge in [-0.2, -0.15) is 0 Å². The molecule has 31 heavy (non-hydrogen) atoms. The van der Waals surface area contributed by atoms with Crippen LogP contribution in [0.5, 0.6) is 0 Å². The Labute approximate surface area is 182 Å². The molecule has 0 aromatic heterocycles. The minimum absolute atomic E-state index is 0.0168. The van der Waals surface area contributed by atoms with Crippen molar-refractivity contribution in [1.82, 2.24) is 9.62 Å². The molecule has 0 aliphatic carbocycles. The summed E-state index contributed by atoms with van der Waals surface area (Å²) in [4.78, 5) is 37.4. The molecule has 0 bridgehead atoms. The Kier molecular flexibility index (Phi) is 7.35. The van der Waals surface area contributed by atoms with Gasteiger partial charge < -0.3 is 10.6 Å². The molecule has 0 aliphatic rings. The van der Waals surface area contributed by atoms with E-state index in [1.165, 1.54) is 44.4 Å². The van der Waals surface area contributed by atoms with Crippen molar-refractivity contribution in [2.45, 2.75) is 25.7 Å². The van der Waals surface area contributed by atoms with Crippen molar-refractivity contribution in [2.75, 3.05) is 26.0 Å². The maximum atomic E-state index is 12.7. The molecule has 166 valence electrons. The average molecular weight is 446 g/mol. The fraction of sp³-hybridized carbons (Fsp3) is 0.318. The lowest BCUT2D eigenvalue weighted by molar-refractivity contribution is -0.125. The van der Waals surface area contributed by atoms with Crippen LogP contribution in [0.25, 0.3) is 0 Å². The monoisotopic (exact) mass is 445 g/mol. The normalized spacial score (nSPS) is 11.8. The highest BCUT2D eigenvalue weighted by atomic mass is 32.2. The molecule has 0 fully saturated rings. The summed E-state index contributed by atoms with van der Waals surface area (Å²) in [6, 6.07) is 12.0. The zero-order chi connectivity index (χ0) is 23.4. The Hall–Kier alpha value is -3.04. The van der Waals surface area contributed by atoms with Crippen LogP contribution in [0.15, 0.2) is 53.4 Å². The van der Waals surface area contributed by atoms with Gasteiger partial charge in [0.05, 0.1) is 22.7 Å². The highest BCUT2D eigenvalue weighted by Gasteiger charge is 2.23. The number of sulfonamides is 1. The third kappa shape index (κ3) is 5.99. The number of anilines is 1. The molecule has 8 nitrogen and oxygen atoms in total. The lowest BCUT2D eigenvalue weighted by Crippen LogP contribution is -2.35. The Morgan fingerprint density at radius 2 is 1.58 bits per heavy atom. The molecule has 2 N–H and O–H groups in total. The number of benzene rings is 2. The lowest BCUT2D eigenvalue weighted by atomic mass is 9.91. The van der Waals surface area contributed by atoms with Gasteiger partial charge in [-0.25, -0.2) is 12.7 Å². The first-order valence-corrected chi connectivity index (χ1v) is 11.0. The Morgan fingerprint density at radius 3 is 2.19 bits per heavy atom. The number of rotatable bonds is 7. The fourth-order valence-corrected chi connectivity index (χ4v) is 3.46. The maximum absolute atomic E-state index is 12.7. The molecular weight excluding hydrogens is 418 g/mol. The Balaban J connectivity index is 2.22. The van der Waals surface area contributed by atoms with Crippen molar-refractivity contribution >= 4 is 33.3 Å². The van der Waals surface area contributed by atoms with Gasteiger partial charge in [-0.05, 0) is 30.3 Å². The standard InChI is InChI=1S/C22H27N3O5S/c1-22(2,3)19(26)14-23-21(28)17-11-6-7-12-18(17)24-20(27)15-9-8-10-16(13-15)31(29,30)25(4)5/h6-13H,14H2,1-5H3,(H,23,28)(H,24,27). The number of nitrogens with zero attached hydrogens (tertiary/aromatic N) is 1. The second kappa shape index (κ2) is 9.40. The lowest BCUT2D eigenvalue weighted by Gasteiger charge is -2.17. The van der Waals surface area contributed by atoms with E-state index in [9.17, 15) is 22.8 Å². The van der Waals surface area contributed by atoms with Crippen molar-refractivity contribution in [1.29, 1.82) is 0 Å². The molecule has 0 saturated carbocycles. The van der Waals surface area contributed by atoms with Crippen molar-refractivity contribution in [3.8, 4) is 0 Å². The fourth-order valence-electron chi connectivity index (χ4n) is 2.51. The van der Waals surface area contributed by atoms with Crippen LogP contribution < -0.4 is 10.6 Å². The van der Waals surface area contributed by atoms with E-state index in [-0.39, 0.29) is 34.0 Å². The molecule has 0 radical (unpaired) electrons. The number of hydrogen-bond donors (Lipinski definition) is 2. The zero-order valence-electron chi connectivity index (χ0n) is 18.2. The van der Waals surface area contributed by atoms with Gasteiger partial charge >= 0.3 is 0 Å². The van der Waals surface area contributed by atoms with Crippen LogP contribution in [0, 0.1) is 5.41 Å². The van der Waals surface area contributed by atoms with E-state index < -0.39 is 27.3 Å². The first-order chi connectivity index (χ1) is 14.3. The zero-order valence-corrected chi connectivity index (χ0v) is 19.0. The predicted octanol–water partition coefficient (Wildman–Crippen LogP) is 2.53. The van der Waals surface area contributed by atoms with Crippen LogP contribution in [0.1, 0.15) is 41.5 Å². The molecule has 2 rings (SSSR count). The largest absolute Gasteiger partial charge is 0.345 e. The molecular formula is C22H27N3O5S. The maximum Gasteiger partial charge on any atom is 0.255 e. The Morgan fingerprint density at radius 1 is 0.935 bits per heavy atom. The number of para-hydroxylation sites is 1. The van der Waals surface area contributed by atoms with Gasteiger partial charge in [0.2, 0.25) is 10.0 Å². The number of Topliss-reactive ketones (excluding diaryl/α,β-unsaturated/α-hetero) is 1. The van der Waals surface area contributed by atoms with E-state index in [2.05, 4.69) is 10.6 Å². The SMILES string of the molecule is CN(C)S(=O)(=O)c1cccc(C(=O)Nc2ccccc2C(=O)NCC(=O)C(C)(C)C)c1. The molecule has 2 aromatic rings. The number of carbonyl (C=O) groups is 3. The van der Waals surface area contributed by atoms with Gasteiger partial charge in [-0.3, -0.25) is 14.4 Å². The topological polar surface area (TPSA) is 113 Å². The molecule has 0 heterocycles. The summed E-state index contributed by atoms with van der Waals surface area (Å²) < 4.78 is 25.7. The predicted molar refractivity (Wildman–Crippen MR) is 119 cm³/mol. The van der Waals surface area contributed by atoms with Crippen LogP contribution in [0.2, 0.25) is 0 Å². The van der Waals surface area contributed by atoms with E-state index in [0.29, 0.717) is 0 Å². The third-order valence-corrected chi connectivity index (χ3v) is 6.35. The number of hydrogen-bond acceptors (Lipinski definition) is 5. The summed E-state index contributed by atoms with van der Waals surface area (Å²) in [6.07, 6.45) is 0. The van der Waals surface area contributed by atoms with Gasteiger partial charge in [0.25, 0.3) is 11.8 Å². The van der Waals surface area contributed by atoms with Crippen LogP contribution in [-0.4, -0.2) is 51.0 Å². The first-order valence-electron chi connectivity index (χ1n) is 9.58. The van der Waals surface area contributed by atoms with Crippen molar-refractivity contribution in [3.63, 3.8) is 0 Å². The molecule has 2 aromatic carbocycles. The molecule has 0 atom stereocenters. The van der Waals surface area contributed by atoms with E-state index in [1.54, 1.807) is 39.0 Å². The second-order valence-corrected chi connectivity index (χ2v) is 10.3. The van der Waals surface area contributed by atoms with Gasteiger partial charge in [0, 0.05) is 25.1 Å². The molecule has 0 spiro atoms. The highest BCUT2D eigenvalue weighted by Crippen LogP contribution is 2.19. The van der Waals surface area contributed by atoms with Gasteiger partial charge in [0.15, 0.2) is 5.78 Å². The average Bonchev–Trinajstić information content (AvgIpc) is 2.71. The van der Waals surface area contributed by atoms with Gasteiger partial charge in [-0.1, -0.05) is 39.0 Å². The van der Waals surface area contributed by atoms with Crippen molar-refractivity contribution in [2.24, 2.45) is 5.41 Å². The summed E-state index contributed by atoms with van der Waals surface area (Å²) in [5, 5.41) is 5.22. The summed E-state index contributed by atoms with van der Waals surface area (Å²) in [7, 11) is -0.890. The molecule has 0 aliphatic heterocycles. The Bertz CT molecular complexity index is 1100. The molecule has 9 heteroatoms. The van der Waals surface area contributed by atoms with Crippen molar-refractivity contribution < 1.29 is 22.8 Å². The summed E-state index contributed by atoms with van der Waals surface area (Å²) >= 11 is 0. The van der Waals surface area contributed by atoms with Crippen LogP contribution >= 0.6 is 0 Å². The molecule has 0 unspecified atom stereocenters. The van der Waals surface area contributed by atoms with E-state index >= 15 is 0 Å². The minimum atomic E-state index is -3.70. The highest BCUT2D eigenvalue weighted by molar-refractivity contribution is 7.89. The summed E-state index contributed by atoms with van der Waals surface area (Å²) in [5.41, 5.74) is -0.0244. The van der Waals surface area contributed by atoms with Crippen LogP contribution in [0.3, 0.4) is 0 Å². The first kappa shape index (κ1) is 24.2. The summed E-state index contributed by atoms with van der Waals surface area (Å²) in [6.45, 7) is 5.16. The van der Waals surface area contributed by atoms with Crippen LogP contribution in [-0.2, 0) is 14.8 Å². The number of amides is 2. The van der Waals surface area contributed by atoms with Crippen LogP contribution in [0.4, 0.5) is 5.69 Å². The van der Waals surface area contributed by atoms with Gasteiger partial charge in [-0.15, -0.1) is 0 Å². The van der Waals surface area contributed by atoms with E-state index in [0.717, 1.165) is 4.31 Å². The smallest absolute Gasteiger partial charge is 0.255 e. The number of nitrogens with one attached hydrogen (secondary N) is 2. The second-order valence-electron chi connectivity index (χ2n) is 8.17. The summed E-state index contributed by atoms with van der Waals surface area (Å²) in [5.74, 6) is -1.19. The van der Waals surface area contributed by atoms with E-state index in [4.69, 9.17) is 0 Å². The van der Waals surface area contributed by atoms with E-state index in [1.807, 2.05) is 0 Å². The third-order valence-electron chi connectivity index (χ3n) is 4.54.